The van der Waals surface area contributed by atoms with Crippen LogP contribution < -0.4 is 0 Å². The number of rotatable bonds is 1. The van der Waals surface area contributed by atoms with E-state index in [-0.39, 0.29) is 5.78 Å². The smallest absolute Gasteiger partial charge is 0.160 e. The maximum atomic E-state index is 10.8. The van der Waals surface area contributed by atoms with Crippen molar-refractivity contribution in [2.75, 3.05) is 0 Å². The van der Waals surface area contributed by atoms with Crippen molar-refractivity contribution < 1.29 is 4.79 Å². The summed E-state index contributed by atoms with van der Waals surface area (Å²) in [6.45, 7) is 1.54. The molecule has 0 heterocycles. The molecule has 0 fully saturated rings. The van der Waals surface area contributed by atoms with Gasteiger partial charge in [0, 0.05) is 10.6 Å². The predicted molar refractivity (Wildman–Crippen MR) is 41.9 cm³/mol. The van der Waals surface area contributed by atoms with Crippen LogP contribution in [0.3, 0.4) is 0 Å². The molecule has 0 aliphatic heterocycles. The summed E-state index contributed by atoms with van der Waals surface area (Å²) < 4.78 is 0. The minimum absolute atomic E-state index is 0.0564. The number of carbonyl (C=O) groups excluding carboxylic acids is 1. The Morgan fingerprint density at radius 1 is 1.70 bits per heavy atom. The molecule has 0 saturated carbocycles. The zero-order valence-electron chi connectivity index (χ0n) is 5.86. The second-order valence-corrected chi connectivity index (χ2v) is 2.77. The van der Waals surface area contributed by atoms with Gasteiger partial charge in [-0.15, -0.1) is 0 Å². The summed E-state index contributed by atoms with van der Waals surface area (Å²) in [6, 6.07) is 0. The van der Waals surface area contributed by atoms with Crippen LogP contribution in [0.1, 0.15) is 19.8 Å². The first kappa shape index (κ1) is 7.55. The van der Waals surface area contributed by atoms with Gasteiger partial charge in [0.05, 0.1) is 0 Å². The van der Waals surface area contributed by atoms with Gasteiger partial charge in [-0.05, 0) is 19.8 Å². The molecular weight excluding hydrogens is 148 g/mol. The van der Waals surface area contributed by atoms with Crippen molar-refractivity contribution in [1.29, 1.82) is 0 Å². The van der Waals surface area contributed by atoms with Crippen LogP contribution in [-0.4, -0.2) is 5.78 Å². The summed E-state index contributed by atoms with van der Waals surface area (Å²) in [6.07, 6.45) is 5.54. The molecule has 1 aliphatic rings. The number of ketones is 1. The maximum Gasteiger partial charge on any atom is 0.160 e. The van der Waals surface area contributed by atoms with Crippen molar-refractivity contribution in [3.05, 3.63) is 22.8 Å². The standard InChI is InChI=1S/C8H9ClO/c1-6(10)7-4-2-3-5-8(7)9/h2,4H,3,5H2,1H3. The Balaban J connectivity index is 2.90. The van der Waals surface area contributed by atoms with E-state index in [2.05, 4.69) is 0 Å². The Hall–Kier alpha value is -0.560. The molecule has 0 aromatic rings. The maximum absolute atomic E-state index is 10.8. The van der Waals surface area contributed by atoms with Crippen molar-refractivity contribution in [1.82, 2.24) is 0 Å². The fourth-order valence-corrected chi connectivity index (χ4v) is 1.25. The topological polar surface area (TPSA) is 17.1 Å². The summed E-state index contributed by atoms with van der Waals surface area (Å²) >= 11 is 5.79. The van der Waals surface area contributed by atoms with Crippen LogP contribution in [0.4, 0.5) is 0 Å². The van der Waals surface area contributed by atoms with Crippen LogP contribution in [0.25, 0.3) is 0 Å². The van der Waals surface area contributed by atoms with Gasteiger partial charge in [0.1, 0.15) is 0 Å². The SMILES string of the molecule is CC(=O)C1=C(Cl)CCC=C1. The molecule has 0 atom stereocenters. The fraction of sp³-hybridized carbons (Fsp3) is 0.375. The van der Waals surface area contributed by atoms with E-state index in [1.165, 1.54) is 6.92 Å². The minimum Gasteiger partial charge on any atom is -0.294 e. The summed E-state index contributed by atoms with van der Waals surface area (Å²) in [5.74, 6) is 0.0564. The van der Waals surface area contributed by atoms with Crippen molar-refractivity contribution >= 4 is 17.4 Å². The number of hydrogen-bond acceptors (Lipinski definition) is 1. The lowest BCUT2D eigenvalue weighted by Gasteiger charge is -2.06. The van der Waals surface area contributed by atoms with Gasteiger partial charge in [0.25, 0.3) is 0 Å². The summed E-state index contributed by atoms with van der Waals surface area (Å²) in [5.41, 5.74) is 0.674. The lowest BCUT2D eigenvalue weighted by molar-refractivity contribution is -0.113. The molecule has 0 aromatic carbocycles. The molecule has 0 bridgehead atoms. The number of hydrogen-bond donors (Lipinski definition) is 0. The van der Waals surface area contributed by atoms with Gasteiger partial charge in [-0.2, -0.15) is 0 Å². The van der Waals surface area contributed by atoms with Gasteiger partial charge in [0.15, 0.2) is 5.78 Å². The van der Waals surface area contributed by atoms with Crippen molar-refractivity contribution in [2.45, 2.75) is 19.8 Å². The quantitative estimate of drug-likeness (QED) is 0.570. The van der Waals surface area contributed by atoms with Crippen molar-refractivity contribution in [3.8, 4) is 0 Å². The van der Waals surface area contributed by atoms with E-state index in [0.717, 1.165) is 12.8 Å². The van der Waals surface area contributed by atoms with Gasteiger partial charge >= 0.3 is 0 Å². The number of halogens is 1. The molecule has 0 amide bonds. The Bertz CT molecular complexity index is 213. The highest BCUT2D eigenvalue weighted by atomic mass is 35.5. The summed E-state index contributed by atoms with van der Waals surface area (Å²) in [7, 11) is 0. The highest BCUT2D eigenvalue weighted by Crippen LogP contribution is 2.22. The van der Waals surface area contributed by atoms with E-state index in [9.17, 15) is 4.79 Å². The first-order valence-electron chi connectivity index (χ1n) is 3.28. The van der Waals surface area contributed by atoms with E-state index >= 15 is 0 Å². The molecule has 0 unspecified atom stereocenters. The highest BCUT2D eigenvalue weighted by molar-refractivity contribution is 6.32. The fourth-order valence-electron chi connectivity index (χ4n) is 0.945. The van der Waals surface area contributed by atoms with Gasteiger partial charge in [-0.3, -0.25) is 4.79 Å². The Labute approximate surface area is 65.4 Å². The van der Waals surface area contributed by atoms with Crippen LogP contribution in [0.15, 0.2) is 22.8 Å². The second-order valence-electron chi connectivity index (χ2n) is 2.32. The van der Waals surface area contributed by atoms with E-state index in [1.807, 2.05) is 6.08 Å². The summed E-state index contributed by atoms with van der Waals surface area (Å²) in [4.78, 5) is 10.8. The third kappa shape index (κ3) is 1.48. The number of allylic oxidation sites excluding steroid dienone is 4. The highest BCUT2D eigenvalue weighted by Gasteiger charge is 2.08. The van der Waals surface area contributed by atoms with E-state index in [1.54, 1.807) is 6.08 Å². The van der Waals surface area contributed by atoms with Crippen LogP contribution in [0, 0.1) is 0 Å². The lowest BCUT2D eigenvalue weighted by atomic mass is 10.0. The number of carbonyl (C=O) groups is 1. The average molecular weight is 157 g/mol. The first-order chi connectivity index (χ1) is 4.72. The number of Topliss-reactive ketones (excluding diaryl/α,β-unsaturated/α-hetero) is 1. The monoisotopic (exact) mass is 156 g/mol. The zero-order chi connectivity index (χ0) is 7.56. The molecule has 1 rings (SSSR count). The molecule has 1 aliphatic carbocycles. The largest absolute Gasteiger partial charge is 0.294 e. The van der Waals surface area contributed by atoms with Crippen molar-refractivity contribution in [3.63, 3.8) is 0 Å². The molecule has 54 valence electrons. The van der Waals surface area contributed by atoms with Crippen LogP contribution in [0.5, 0.6) is 0 Å². The van der Waals surface area contributed by atoms with Crippen molar-refractivity contribution in [2.24, 2.45) is 0 Å². The van der Waals surface area contributed by atoms with Crippen LogP contribution in [-0.2, 0) is 4.79 Å². The normalized spacial score (nSPS) is 17.8. The predicted octanol–water partition coefficient (Wildman–Crippen LogP) is 2.42. The molecule has 10 heavy (non-hydrogen) atoms. The third-order valence-corrected chi connectivity index (χ3v) is 1.88. The lowest BCUT2D eigenvalue weighted by Crippen LogP contribution is -1.98. The van der Waals surface area contributed by atoms with Crippen LogP contribution >= 0.6 is 11.6 Å². The summed E-state index contributed by atoms with van der Waals surface area (Å²) in [5, 5.41) is 0.704. The molecule has 2 heteroatoms. The Morgan fingerprint density at radius 3 is 2.80 bits per heavy atom. The molecule has 0 N–H and O–H groups in total. The van der Waals surface area contributed by atoms with E-state index < -0.39 is 0 Å². The Morgan fingerprint density at radius 2 is 2.40 bits per heavy atom. The van der Waals surface area contributed by atoms with Gasteiger partial charge in [-0.1, -0.05) is 23.8 Å². The van der Waals surface area contributed by atoms with Gasteiger partial charge in [0.2, 0.25) is 0 Å². The molecule has 0 spiro atoms. The van der Waals surface area contributed by atoms with Gasteiger partial charge < -0.3 is 0 Å². The molecule has 1 nitrogen and oxygen atoms in total. The average Bonchev–Trinajstić information content (AvgIpc) is 1.88. The van der Waals surface area contributed by atoms with Gasteiger partial charge in [-0.25, -0.2) is 0 Å². The zero-order valence-corrected chi connectivity index (χ0v) is 6.61. The van der Waals surface area contributed by atoms with Crippen LogP contribution in [0.2, 0.25) is 0 Å². The molecule has 0 radical (unpaired) electrons. The van der Waals surface area contributed by atoms with E-state index in [4.69, 9.17) is 11.6 Å². The first-order valence-corrected chi connectivity index (χ1v) is 3.65. The molecule has 0 saturated heterocycles. The molecule has 0 aromatic heterocycles. The molecular formula is C8H9ClO. The second kappa shape index (κ2) is 3.02. The minimum atomic E-state index is 0.0564. The Kier molecular flexibility index (Phi) is 2.28. The third-order valence-electron chi connectivity index (χ3n) is 1.49. The van der Waals surface area contributed by atoms with E-state index in [0.29, 0.717) is 10.6 Å².